The number of amides is 2. The molecule has 0 unspecified atom stereocenters. The molecule has 2 saturated heterocycles. The van der Waals surface area contributed by atoms with Gasteiger partial charge in [-0.3, -0.25) is 9.59 Å². The summed E-state index contributed by atoms with van der Waals surface area (Å²) in [6.07, 6.45) is 5.67. The lowest BCUT2D eigenvalue weighted by atomic mass is 9.70. The van der Waals surface area contributed by atoms with E-state index in [2.05, 4.69) is 28.4 Å². The van der Waals surface area contributed by atoms with Crippen molar-refractivity contribution in [3.63, 3.8) is 0 Å². The van der Waals surface area contributed by atoms with Crippen molar-refractivity contribution in [3.8, 4) is 0 Å². The first-order valence-corrected chi connectivity index (χ1v) is 15.4. The summed E-state index contributed by atoms with van der Waals surface area (Å²) in [5.74, 6) is 0.0961. The smallest absolute Gasteiger partial charge is 0.253 e. The highest BCUT2D eigenvalue weighted by Gasteiger charge is 2.40. The Bertz CT molecular complexity index is 1350. The first kappa shape index (κ1) is 32.3. The summed E-state index contributed by atoms with van der Waals surface area (Å²) < 4.78 is 0. The molecule has 5 rings (SSSR count). The van der Waals surface area contributed by atoms with Gasteiger partial charge in [0.05, 0.1) is 15.6 Å². The van der Waals surface area contributed by atoms with Gasteiger partial charge in [-0.15, -0.1) is 12.4 Å². The van der Waals surface area contributed by atoms with Crippen LogP contribution in [-0.4, -0.2) is 54.3 Å². The number of benzene rings is 3. The van der Waals surface area contributed by atoms with Crippen molar-refractivity contribution in [1.29, 1.82) is 0 Å². The van der Waals surface area contributed by atoms with Crippen molar-refractivity contribution in [1.82, 2.24) is 15.1 Å². The molecular formula is C34H40Cl3N3O2. The summed E-state index contributed by atoms with van der Waals surface area (Å²) in [7, 11) is 0. The summed E-state index contributed by atoms with van der Waals surface area (Å²) >= 11 is 12.8. The van der Waals surface area contributed by atoms with E-state index in [9.17, 15) is 9.59 Å². The molecule has 0 aromatic heterocycles. The molecule has 42 heavy (non-hydrogen) atoms. The van der Waals surface area contributed by atoms with Gasteiger partial charge in [0.15, 0.2) is 0 Å². The summed E-state index contributed by atoms with van der Waals surface area (Å²) in [4.78, 5) is 30.1. The third-order valence-corrected chi connectivity index (χ3v) is 9.74. The Kier molecular flexibility index (Phi) is 11.0. The molecule has 3 aromatic rings. The first-order chi connectivity index (χ1) is 19.8. The number of hydrogen-bond acceptors (Lipinski definition) is 3. The first-order valence-electron chi connectivity index (χ1n) is 14.7. The van der Waals surface area contributed by atoms with E-state index < -0.39 is 0 Å². The van der Waals surface area contributed by atoms with Crippen molar-refractivity contribution < 1.29 is 9.59 Å². The molecule has 1 atom stereocenters. The largest absolute Gasteiger partial charge is 0.347 e. The van der Waals surface area contributed by atoms with Gasteiger partial charge in [-0.05, 0) is 80.5 Å². The van der Waals surface area contributed by atoms with Gasteiger partial charge in [0.2, 0.25) is 5.91 Å². The molecule has 0 aliphatic carbocycles. The zero-order chi connectivity index (χ0) is 28.9. The number of nitrogens with one attached hydrogen (secondary N) is 1. The Hall–Kier alpha value is -2.57. The fraction of sp³-hybridized carbons (Fsp3) is 0.412. The van der Waals surface area contributed by atoms with E-state index in [0.29, 0.717) is 16.6 Å². The maximum absolute atomic E-state index is 13.5. The monoisotopic (exact) mass is 627 g/mol. The minimum atomic E-state index is -0.313. The maximum Gasteiger partial charge on any atom is 0.253 e. The second-order valence-corrected chi connectivity index (χ2v) is 12.5. The Labute approximate surface area is 266 Å². The van der Waals surface area contributed by atoms with Crippen LogP contribution < -0.4 is 5.32 Å². The molecule has 0 saturated carbocycles. The van der Waals surface area contributed by atoms with Crippen molar-refractivity contribution in [2.45, 2.75) is 56.4 Å². The van der Waals surface area contributed by atoms with Gasteiger partial charge in [0.1, 0.15) is 0 Å². The maximum atomic E-state index is 13.5. The third kappa shape index (κ3) is 7.31. The number of rotatable bonds is 8. The van der Waals surface area contributed by atoms with E-state index in [1.165, 1.54) is 5.56 Å². The van der Waals surface area contributed by atoms with Crippen LogP contribution in [0.15, 0.2) is 78.9 Å². The van der Waals surface area contributed by atoms with Crippen LogP contribution in [0.4, 0.5) is 0 Å². The summed E-state index contributed by atoms with van der Waals surface area (Å²) in [5.41, 5.74) is 2.57. The Morgan fingerprint density at radius 1 is 0.833 bits per heavy atom. The second-order valence-electron chi connectivity index (χ2n) is 11.7. The van der Waals surface area contributed by atoms with E-state index in [0.717, 1.165) is 75.8 Å². The van der Waals surface area contributed by atoms with Crippen molar-refractivity contribution in [3.05, 3.63) is 106 Å². The molecular weight excluding hydrogens is 589 g/mol. The molecule has 2 aliphatic heterocycles. The number of nitrogens with zero attached hydrogens (tertiary/aromatic N) is 2. The topological polar surface area (TPSA) is 52.7 Å². The minimum absolute atomic E-state index is 0. The van der Waals surface area contributed by atoms with Gasteiger partial charge in [0, 0.05) is 44.1 Å². The Morgan fingerprint density at radius 2 is 1.50 bits per heavy atom. The van der Waals surface area contributed by atoms with Crippen molar-refractivity contribution >= 4 is 47.4 Å². The molecule has 5 nitrogen and oxygen atoms in total. The van der Waals surface area contributed by atoms with Gasteiger partial charge < -0.3 is 15.1 Å². The minimum Gasteiger partial charge on any atom is -0.347 e. The standard InChI is InChI=1S/C34H39Cl2N3O2.ClH/c1-26(40)37-34(28-12-6-3-7-13-28)18-22-38(23-19-34)20-8-16-33(29-14-15-30(35)31(36)24-29)17-9-21-39(25-33)32(41)27-10-4-2-5-11-27;/h2-7,10-15,24H,8-9,16-23,25H2,1H3,(H,37,40);1H/t33-;/m0./s1. The molecule has 2 heterocycles. The molecule has 3 aromatic carbocycles. The average Bonchev–Trinajstić information content (AvgIpc) is 3.00. The molecule has 8 heteroatoms. The predicted molar refractivity (Wildman–Crippen MR) is 174 cm³/mol. The summed E-state index contributed by atoms with van der Waals surface area (Å²) in [5, 5.41) is 4.39. The number of hydrogen-bond donors (Lipinski definition) is 1. The van der Waals surface area contributed by atoms with Crippen LogP contribution in [0.2, 0.25) is 10.0 Å². The van der Waals surface area contributed by atoms with Crippen molar-refractivity contribution in [2.75, 3.05) is 32.7 Å². The van der Waals surface area contributed by atoms with Crippen molar-refractivity contribution in [2.24, 2.45) is 0 Å². The normalized spacial score (nSPS) is 20.4. The zero-order valence-corrected chi connectivity index (χ0v) is 26.5. The lowest BCUT2D eigenvalue weighted by molar-refractivity contribution is -0.121. The van der Waals surface area contributed by atoms with Gasteiger partial charge in [-0.2, -0.15) is 0 Å². The van der Waals surface area contributed by atoms with E-state index in [1.807, 2.05) is 65.6 Å². The molecule has 2 fully saturated rings. The van der Waals surface area contributed by atoms with E-state index in [4.69, 9.17) is 23.2 Å². The van der Waals surface area contributed by atoms with Crippen LogP contribution in [0.25, 0.3) is 0 Å². The Morgan fingerprint density at radius 3 is 2.14 bits per heavy atom. The zero-order valence-electron chi connectivity index (χ0n) is 24.2. The fourth-order valence-corrected chi connectivity index (χ4v) is 7.16. The average molecular weight is 629 g/mol. The summed E-state index contributed by atoms with van der Waals surface area (Å²) in [6, 6.07) is 25.9. The van der Waals surface area contributed by atoms with Crippen LogP contribution in [0.5, 0.6) is 0 Å². The lowest BCUT2D eigenvalue weighted by Gasteiger charge is -2.45. The summed E-state index contributed by atoms with van der Waals surface area (Å²) in [6.45, 7) is 5.85. The Balaban J connectivity index is 0.00000405. The number of piperidine rings is 2. The highest BCUT2D eigenvalue weighted by molar-refractivity contribution is 6.42. The van der Waals surface area contributed by atoms with Gasteiger partial charge in [-0.25, -0.2) is 0 Å². The van der Waals surface area contributed by atoms with E-state index >= 15 is 0 Å². The van der Waals surface area contributed by atoms with Gasteiger partial charge >= 0.3 is 0 Å². The third-order valence-electron chi connectivity index (χ3n) is 9.00. The highest BCUT2D eigenvalue weighted by Crippen LogP contribution is 2.41. The molecule has 2 amide bonds. The number of carbonyl (C=O) groups excluding carboxylic acids is 2. The number of halogens is 3. The van der Waals surface area contributed by atoms with Crippen LogP contribution in [0, 0.1) is 0 Å². The van der Waals surface area contributed by atoms with Gasteiger partial charge in [0.25, 0.3) is 5.91 Å². The molecule has 0 bridgehead atoms. The van der Waals surface area contributed by atoms with Crippen LogP contribution in [0.1, 0.15) is 66.9 Å². The number of carbonyl (C=O) groups is 2. The fourth-order valence-electron chi connectivity index (χ4n) is 6.86. The second kappa shape index (κ2) is 14.3. The molecule has 0 spiro atoms. The SMILES string of the molecule is CC(=O)NC1(c2ccccc2)CCN(CCC[C@]2(c3ccc(Cl)c(Cl)c3)CCCN(C(=O)c3ccccc3)C2)CC1.Cl. The van der Waals surface area contributed by atoms with Crippen LogP contribution in [0.3, 0.4) is 0 Å². The van der Waals surface area contributed by atoms with E-state index in [1.54, 1.807) is 6.92 Å². The lowest BCUT2D eigenvalue weighted by Crippen LogP contribution is -2.53. The van der Waals surface area contributed by atoms with Crippen LogP contribution in [-0.2, 0) is 15.7 Å². The molecule has 1 N–H and O–H groups in total. The van der Waals surface area contributed by atoms with E-state index in [-0.39, 0.29) is 35.2 Å². The number of likely N-dealkylation sites (tertiary alicyclic amines) is 2. The molecule has 224 valence electrons. The molecule has 0 radical (unpaired) electrons. The van der Waals surface area contributed by atoms with Crippen LogP contribution >= 0.6 is 35.6 Å². The van der Waals surface area contributed by atoms with Gasteiger partial charge in [-0.1, -0.05) is 77.8 Å². The highest BCUT2D eigenvalue weighted by atomic mass is 35.5. The molecule has 2 aliphatic rings. The predicted octanol–water partition coefficient (Wildman–Crippen LogP) is 7.50. The quantitative estimate of drug-likeness (QED) is 0.281.